The van der Waals surface area contributed by atoms with E-state index in [0.29, 0.717) is 24.2 Å². The number of rotatable bonds is 4. The van der Waals surface area contributed by atoms with Crippen LogP contribution in [0.4, 0.5) is 0 Å². The molecule has 0 radical (unpaired) electrons. The summed E-state index contributed by atoms with van der Waals surface area (Å²) in [5.41, 5.74) is 0. The molecular formula is C15H27NO2. The number of hydrogen-bond donors (Lipinski definition) is 1. The van der Waals surface area contributed by atoms with Crippen molar-refractivity contribution in [3.05, 3.63) is 0 Å². The third-order valence-electron chi connectivity index (χ3n) is 4.85. The largest absolute Gasteiger partial charge is 0.396 e. The summed E-state index contributed by atoms with van der Waals surface area (Å²) in [5, 5.41) is 9.16. The van der Waals surface area contributed by atoms with Gasteiger partial charge in [-0.2, -0.15) is 0 Å². The van der Waals surface area contributed by atoms with Crippen molar-refractivity contribution in [3.8, 4) is 0 Å². The maximum absolute atomic E-state index is 12.0. The lowest BCUT2D eigenvalue weighted by atomic mass is 9.75. The molecule has 1 saturated heterocycles. The van der Waals surface area contributed by atoms with Crippen molar-refractivity contribution in [1.29, 1.82) is 0 Å². The Kier molecular flexibility index (Phi) is 4.79. The molecule has 0 aromatic heterocycles. The van der Waals surface area contributed by atoms with Gasteiger partial charge in [-0.1, -0.05) is 13.8 Å². The summed E-state index contributed by atoms with van der Waals surface area (Å²) >= 11 is 0. The normalized spacial score (nSPS) is 34.4. The summed E-state index contributed by atoms with van der Waals surface area (Å²) in [4.78, 5) is 14.4. The molecule has 3 nitrogen and oxygen atoms in total. The van der Waals surface area contributed by atoms with Crippen LogP contribution in [-0.2, 0) is 4.79 Å². The Hall–Kier alpha value is -0.410. The highest BCUT2D eigenvalue weighted by molar-refractivity contribution is 5.82. The molecule has 1 saturated carbocycles. The molecule has 18 heavy (non-hydrogen) atoms. The van der Waals surface area contributed by atoms with E-state index in [2.05, 4.69) is 18.7 Å². The molecule has 0 aromatic rings. The fraction of sp³-hybridized carbons (Fsp3) is 0.933. The van der Waals surface area contributed by atoms with Crippen molar-refractivity contribution in [2.75, 3.05) is 26.2 Å². The average Bonchev–Trinajstić information content (AvgIpc) is 2.79. The molecule has 1 aliphatic carbocycles. The van der Waals surface area contributed by atoms with Gasteiger partial charge in [0.15, 0.2) is 0 Å². The number of Topliss-reactive ketones (excluding diaryl/α,β-unsaturated/α-hetero) is 1. The van der Waals surface area contributed by atoms with Crippen molar-refractivity contribution < 1.29 is 9.90 Å². The Balaban J connectivity index is 1.85. The van der Waals surface area contributed by atoms with Crippen LogP contribution in [0.25, 0.3) is 0 Å². The molecule has 0 aromatic carbocycles. The van der Waals surface area contributed by atoms with E-state index in [0.717, 1.165) is 51.2 Å². The lowest BCUT2D eigenvalue weighted by Gasteiger charge is -2.32. The van der Waals surface area contributed by atoms with E-state index >= 15 is 0 Å². The molecular weight excluding hydrogens is 226 g/mol. The molecule has 1 heterocycles. The SMILES string of the molecule is CC(C)C1CCC(=O)C(CN2CCC(CO)C2)C1. The van der Waals surface area contributed by atoms with Crippen LogP contribution in [-0.4, -0.2) is 42.0 Å². The third kappa shape index (κ3) is 3.33. The first kappa shape index (κ1) is 14.0. The minimum absolute atomic E-state index is 0.253. The van der Waals surface area contributed by atoms with Gasteiger partial charge in [0.2, 0.25) is 0 Å². The molecule has 3 atom stereocenters. The fourth-order valence-corrected chi connectivity index (χ4v) is 3.47. The van der Waals surface area contributed by atoms with E-state index in [1.165, 1.54) is 0 Å². The second-order valence-corrected chi connectivity index (χ2v) is 6.54. The highest BCUT2D eigenvalue weighted by Crippen LogP contribution is 2.32. The highest BCUT2D eigenvalue weighted by atomic mass is 16.3. The number of ketones is 1. The number of aliphatic hydroxyl groups excluding tert-OH is 1. The van der Waals surface area contributed by atoms with Gasteiger partial charge in [-0.3, -0.25) is 4.79 Å². The fourth-order valence-electron chi connectivity index (χ4n) is 3.47. The van der Waals surface area contributed by atoms with E-state index in [-0.39, 0.29) is 5.92 Å². The zero-order valence-electron chi connectivity index (χ0n) is 11.8. The number of hydrogen-bond acceptors (Lipinski definition) is 3. The van der Waals surface area contributed by atoms with Crippen LogP contribution in [0.2, 0.25) is 0 Å². The predicted molar refractivity (Wildman–Crippen MR) is 72.3 cm³/mol. The van der Waals surface area contributed by atoms with Crippen LogP contribution in [0.3, 0.4) is 0 Å². The number of aliphatic hydroxyl groups is 1. The molecule has 0 bridgehead atoms. The maximum Gasteiger partial charge on any atom is 0.137 e. The van der Waals surface area contributed by atoms with Gasteiger partial charge in [-0.05, 0) is 43.6 Å². The van der Waals surface area contributed by atoms with Crippen LogP contribution in [0.15, 0.2) is 0 Å². The summed E-state index contributed by atoms with van der Waals surface area (Å²) in [5.74, 6) is 2.58. The first-order valence-corrected chi connectivity index (χ1v) is 7.46. The second kappa shape index (κ2) is 6.16. The van der Waals surface area contributed by atoms with Crippen molar-refractivity contribution >= 4 is 5.78 Å². The monoisotopic (exact) mass is 253 g/mol. The molecule has 3 heteroatoms. The van der Waals surface area contributed by atoms with Crippen molar-refractivity contribution in [2.24, 2.45) is 23.7 Å². The van der Waals surface area contributed by atoms with E-state index in [9.17, 15) is 4.79 Å². The molecule has 2 rings (SSSR count). The molecule has 3 unspecified atom stereocenters. The Bertz CT molecular complexity index is 290. The van der Waals surface area contributed by atoms with Crippen molar-refractivity contribution in [2.45, 2.75) is 39.5 Å². The first-order valence-electron chi connectivity index (χ1n) is 7.46. The topological polar surface area (TPSA) is 40.5 Å². The highest BCUT2D eigenvalue weighted by Gasteiger charge is 2.33. The lowest BCUT2D eigenvalue weighted by Crippen LogP contribution is -2.36. The Morgan fingerprint density at radius 3 is 2.78 bits per heavy atom. The van der Waals surface area contributed by atoms with Crippen LogP contribution in [0, 0.1) is 23.7 Å². The summed E-state index contributed by atoms with van der Waals surface area (Å²) < 4.78 is 0. The molecule has 2 fully saturated rings. The van der Waals surface area contributed by atoms with Crippen molar-refractivity contribution in [3.63, 3.8) is 0 Å². The molecule has 2 aliphatic rings. The minimum Gasteiger partial charge on any atom is -0.396 e. The number of carbonyl (C=O) groups excluding carboxylic acids is 1. The number of nitrogens with zero attached hydrogens (tertiary/aromatic N) is 1. The predicted octanol–water partition coefficient (Wildman–Crippen LogP) is 1.94. The van der Waals surface area contributed by atoms with Crippen LogP contribution in [0.1, 0.15) is 39.5 Å². The summed E-state index contributed by atoms with van der Waals surface area (Å²) in [6.07, 6.45) is 4.04. The van der Waals surface area contributed by atoms with E-state index in [1.54, 1.807) is 0 Å². The zero-order valence-corrected chi connectivity index (χ0v) is 11.8. The second-order valence-electron chi connectivity index (χ2n) is 6.54. The molecule has 104 valence electrons. The standard InChI is InChI=1S/C15H27NO2/c1-11(2)13-3-4-15(18)14(7-13)9-16-6-5-12(8-16)10-17/h11-14,17H,3-10H2,1-2H3. The van der Waals surface area contributed by atoms with Gasteiger partial charge in [-0.25, -0.2) is 0 Å². The van der Waals surface area contributed by atoms with E-state index in [4.69, 9.17) is 5.11 Å². The molecule has 0 amide bonds. The van der Waals surface area contributed by atoms with Crippen molar-refractivity contribution in [1.82, 2.24) is 4.90 Å². The summed E-state index contributed by atoms with van der Waals surface area (Å²) in [6.45, 7) is 7.81. The van der Waals surface area contributed by atoms with E-state index in [1.807, 2.05) is 0 Å². The smallest absolute Gasteiger partial charge is 0.137 e. The number of carbonyl (C=O) groups is 1. The van der Waals surface area contributed by atoms with Crippen LogP contribution in [0.5, 0.6) is 0 Å². The number of likely N-dealkylation sites (tertiary alicyclic amines) is 1. The van der Waals surface area contributed by atoms with Crippen LogP contribution >= 0.6 is 0 Å². The zero-order chi connectivity index (χ0) is 13.1. The first-order chi connectivity index (χ1) is 8.60. The van der Waals surface area contributed by atoms with Gasteiger partial charge < -0.3 is 10.0 Å². The maximum atomic E-state index is 12.0. The Morgan fingerprint density at radius 2 is 2.17 bits per heavy atom. The van der Waals surface area contributed by atoms with Gasteiger partial charge in [0.1, 0.15) is 5.78 Å². The van der Waals surface area contributed by atoms with Crippen LogP contribution < -0.4 is 0 Å². The molecule has 1 aliphatic heterocycles. The quantitative estimate of drug-likeness (QED) is 0.832. The third-order valence-corrected chi connectivity index (χ3v) is 4.85. The Morgan fingerprint density at radius 1 is 1.39 bits per heavy atom. The minimum atomic E-state index is 0.253. The van der Waals surface area contributed by atoms with Gasteiger partial charge in [0.05, 0.1) is 0 Å². The van der Waals surface area contributed by atoms with E-state index < -0.39 is 0 Å². The average molecular weight is 253 g/mol. The van der Waals surface area contributed by atoms with Gasteiger partial charge in [0, 0.05) is 32.0 Å². The molecule has 1 N–H and O–H groups in total. The van der Waals surface area contributed by atoms with Gasteiger partial charge in [0.25, 0.3) is 0 Å². The Labute approximate surface area is 111 Å². The summed E-state index contributed by atoms with van der Waals surface area (Å²) in [7, 11) is 0. The van der Waals surface area contributed by atoms with Gasteiger partial charge in [-0.15, -0.1) is 0 Å². The molecule has 0 spiro atoms. The lowest BCUT2D eigenvalue weighted by molar-refractivity contribution is -0.126. The summed E-state index contributed by atoms with van der Waals surface area (Å²) in [6, 6.07) is 0. The van der Waals surface area contributed by atoms with Gasteiger partial charge >= 0.3 is 0 Å².